The molecule has 0 bridgehead atoms. The van der Waals surface area contributed by atoms with Crippen LogP contribution in [0.5, 0.6) is 0 Å². The molecular formula is C11H18N4O. The Kier molecular flexibility index (Phi) is 3.24. The quantitative estimate of drug-likeness (QED) is 0.697. The molecule has 0 spiro atoms. The molecule has 0 amide bonds. The molecule has 1 aliphatic carbocycles. The minimum absolute atomic E-state index is 0.129. The van der Waals surface area contributed by atoms with Crippen LogP contribution in [0.3, 0.4) is 0 Å². The first-order chi connectivity index (χ1) is 7.63. The molecule has 88 valence electrons. The lowest BCUT2D eigenvalue weighted by Gasteiger charge is -2.26. The Morgan fingerprint density at radius 3 is 2.62 bits per heavy atom. The molecule has 0 atom stereocenters. The summed E-state index contributed by atoms with van der Waals surface area (Å²) in [6, 6.07) is 2.13. The van der Waals surface area contributed by atoms with Gasteiger partial charge in [0.2, 0.25) is 0 Å². The summed E-state index contributed by atoms with van der Waals surface area (Å²) in [6.45, 7) is 1.83. The molecule has 0 saturated heterocycles. The van der Waals surface area contributed by atoms with Crippen LogP contribution < -0.4 is 11.1 Å². The summed E-state index contributed by atoms with van der Waals surface area (Å²) >= 11 is 0. The second kappa shape index (κ2) is 4.65. The highest BCUT2D eigenvalue weighted by atomic mass is 16.3. The van der Waals surface area contributed by atoms with E-state index in [9.17, 15) is 5.11 Å². The summed E-state index contributed by atoms with van der Waals surface area (Å²) in [4.78, 5) is 8.31. The van der Waals surface area contributed by atoms with Gasteiger partial charge in [-0.25, -0.2) is 9.97 Å². The predicted molar refractivity (Wildman–Crippen MR) is 63.1 cm³/mol. The molecule has 0 aliphatic heterocycles. The molecule has 1 fully saturated rings. The van der Waals surface area contributed by atoms with Crippen LogP contribution >= 0.6 is 0 Å². The summed E-state index contributed by atoms with van der Waals surface area (Å²) in [5.41, 5.74) is 5.66. The molecule has 1 aromatic rings. The summed E-state index contributed by atoms with van der Waals surface area (Å²) < 4.78 is 0. The van der Waals surface area contributed by atoms with E-state index >= 15 is 0 Å². The number of nitrogen functional groups attached to an aromatic ring is 1. The summed E-state index contributed by atoms with van der Waals surface area (Å²) in [5.74, 6) is 1.95. The number of hydrogen-bond donors (Lipinski definition) is 3. The molecular weight excluding hydrogens is 204 g/mol. The highest BCUT2D eigenvalue weighted by molar-refractivity contribution is 5.45. The molecule has 0 unspecified atom stereocenters. The van der Waals surface area contributed by atoms with Gasteiger partial charge < -0.3 is 16.2 Å². The summed E-state index contributed by atoms with van der Waals surface area (Å²) in [6.07, 6.45) is 3.54. The second-order valence-corrected chi connectivity index (χ2v) is 4.38. The van der Waals surface area contributed by atoms with E-state index in [0.717, 1.165) is 31.5 Å². The molecule has 5 heteroatoms. The average Bonchev–Trinajstić information content (AvgIpc) is 2.20. The van der Waals surface area contributed by atoms with Crippen molar-refractivity contribution in [2.75, 3.05) is 11.1 Å². The van der Waals surface area contributed by atoms with Crippen molar-refractivity contribution in [1.82, 2.24) is 9.97 Å². The maximum Gasteiger partial charge on any atom is 0.132 e. The maximum atomic E-state index is 9.41. The number of aliphatic hydroxyl groups excluding tert-OH is 1. The Hall–Kier alpha value is -1.36. The van der Waals surface area contributed by atoms with Gasteiger partial charge in [-0.1, -0.05) is 0 Å². The highest BCUT2D eigenvalue weighted by Gasteiger charge is 2.19. The number of aryl methyl sites for hydroxylation is 1. The SMILES string of the molecule is Cc1nc(N)cc(NC2CCC(O)CC2)n1. The number of rotatable bonds is 2. The van der Waals surface area contributed by atoms with Crippen molar-refractivity contribution in [2.45, 2.75) is 44.8 Å². The number of hydrogen-bond acceptors (Lipinski definition) is 5. The smallest absolute Gasteiger partial charge is 0.132 e. The number of nitrogens with zero attached hydrogens (tertiary/aromatic N) is 2. The van der Waals surface area contributed by atoms with E-state index in [-0.39, 0.29) is 6.10 Å². The molecule has 16 heavy (non-hydrogen) atoms. The Morgan fingerprint density at radius 2 is 2.00 bits per heavy atom. The van der Waals surface area contributed by atoms with Crippen molar-refractivity contribution >= 4 is 11.6 Å². The molecule has 1 aliphatic rings. The van der Waals surface area contributed by atoms with E-state index in [1.165, 1.54) is 0 Å². The fourth-order valence-electron chi connectivity index (χ4n) is 2.09. The van der Waals surface area contributed by atoms with Crippen LogP contribution in [0.15, 0.2) is 6.07 Å². The number of nitrogens with one attached hydrogen (secondary N) is 1. The molecule has 1 saturated carbocycles. The number of nitrogens with two attached hydrogens (primary N) is 1. The van der Waals surface area contributed by atoms with Crippen LogP contribution in [-0.2, 0) is 0 Å². The van der Waals surface area contributed by atoms with Crippen LogP contribution in [0.2, 0.25) is 0 Å². The van der Waals surface area contributed by atoms with Gasteiger partial charge in [-0.15, -0.1) is 0 Å². The number of aromatic nitrogens is 2. The van der Waals surface area contributed by atoms with Crippen LogP contribution in [0.25, 0.3) is 0 Å². The Bertz CT molecular complexity index is 341. The third-order valence-corrected chi connectivity index (χ3v) is 2.91. The first-order valence-corrected chi connectivity index (χ1v) is 5.69. The zero-order chi connectivity index (χ0) is 11.5. The lowest BCUT2D eigenvalue weighted by molar-refractivity contribution is 0.126. The summed E-state index contributed by atoms with van der Waals surface area (Å²) in [7, 11) is 0. The fraction of sp³-hybridized carbons (Fsp3) is 0.636. The van der Waals surface area contributed by atoms with Gasteiger partial charge in [0.15, 0.2) is 0 Å². The second-order valence-electron chi connectivity index (χ2n) is 4.38. The number of anilines is 2. The van der Waals surface area contributed by atoms with Crippen molar-refractivity contribution in [3.05, 3.63) is 11.9 Å². The monoisotopic (exact) mass is 222 g/mol. The third kappa shape index (κ3) is 2.82. The maximum absolute atomic E-state index is 9.41. The molecule has 0 aromatic carbocycles. The zero-order valence-electron chi connectivity index (χ0n) is 9.48. The van der Waals surface area contributed by atoms with Crippen LogP contribution in [0.1, 0.15) is 31.5 Å². The Labute approximate surface area is 95.1 Å². The lowest BCUT2D eigenvalue weighted by Crippen LogP contribution is -2.28. The molecule has 1 heterocycles. The standard InChI is InChI=1S/C11H18N4O/c1-7-13-10(12)6-11(14-7)15-8-2-4-9(16)5-3-8/h6,8-9,16H,2-5H2,1H3,(H3,12,13,14,15). The Balaban J connectivity index is 1.98. The van der Waals surface area contributed by atoms with Gasteiger partial charge in [-0.2, -0.15) is 0 Å². The highest BCUT2D eigenvalue weighted by Crippen LogP contribution is 2.21. The van der Waals surface area contributed by atoms with Crippen LogP contribution in [-0.4, -0.2) is 27.2 Å². The summed E-state index contributed by atoms with van der Waals surface area (Å²) in [5, 5.41) is 12.7. The lowest BCUT2D eigenvalue weighted by atomic mass is 9.93. The molecule has 0 radical (unpaired) electrons. The molecule has 5 nitrogen and oxygen atoms in total. The van der Waals surface area contributed by atoms with Gasteiger partial charge in [-0.05, 0) is 32.6 Å². The van der Waals surface area contributed by atoms with Gasteiger partial charge in [0, 0.05) is 12.1 Å². The molecule has 2 rings (SSSR count). The van der Waals surface area contributed by atoms with E-state index in [4.69, 9.17) is 5.73 Å². The van der Waals surface area contributed by atoms with Crippen molar-refractivity contribution < 1.29 is 5.11 Å². The molecule has 1 aromatic heterocycles. The first kappa shape index (κ1) is 11.1. The number of aliphatic hydroxyl groups is 1. The van der Waals surface area contributed by atoms with Crippen LogP contribution in [0, 0.1) is 6.92 Å². The van der Waals surface area contributed by atoms with Crippen molar-refractivity contribution in [3.63, 3.8) is 0 Å². The molecule has 4 N–H and O–H groups in total. The normalized spacial score (nSPS) is 25.4. The van der Waals surface area contributed by atoms with Gasteiger partial charge in [-0.3, -0.25) is 0 Å². The van der Waals surface area contributed by atoms with Crippen molar-refractivity contribution in [3.8, 4) is 0 Å². The van der Waals surface area contributed by atoms with Crippen molar-refractivity contribution in [1.29, 1.82) is 0 Å². The van der Waals surface area contributed by atoms with E-state index in [1.54, 1.807) is 6.07 Å². The Morgan fingerprint density at radius 1 is 1.31 bits per heavy atom. The van der Waals surface area contributed by atoms with Crippen LogP contribution in [0.4, 0.5) is 11.6 Å². The van der Waals surface area contributed by atoms with Gasteiger partial charge in [0.25, 0.3) is 0 Å². The van der Waals surface area contributed by atoms with Gasteiger partial charge in [0.1, 0.15) is 17.5 Å². The zero-order valence-corrected chi connectivity index (χ0v) is 9.48. The minimum atomic E-state index is -0.129. The first-order valence-electron chi connectivity index (χ1n) is 5.69. The predicted octanol–water partition coefficient (Wildman–Crippen LogP) is 1.08. The van der Waals surface area contributed by atoms with Gasteiger partial charge in [0.05, 0.1) is 6.10 Å². The van der Waals surface area contributed by atoms with Gasteiger partial charge >= 0.3 is 0 Å². The van der Waals surface area contributed by atoms with E-state index in [1.807, 2.05) is 6.92 Å². The topological polar surface area (TPSA) is 84.1 Å². The fourth-order valence-corrected chi connectivity index (χ4v) is 2.09. The van der Waals surface area contributed by atoms with E-state index in [0.29, 0.717) is 17.7 Å². The third-order valence-electron chi connectivity index (χ3n) is 2.91. The van der Waals surface area contributed by atoms with E-state index < -0.39 is 0 Å². The largest absolute Gasteiger partial charge is 0.393 e. The van der Waals surface area contributed by atoms with Crippen molar-refractivity contribution in [2.24, 2.45) is 0 Å². The van der Waals surface area contributed by atoms with E-state index in [2.05, 4.69) is 15.3 Å². The average molecular weight is 222 g/mol. The minimum Gasteiger partial charge on any atom is -0.393 e.